The lowest BCUT2D eigenvalue weighted by atomic mass is 10.1. The maximum atomic E-state index is 13.0. The van der Waals surface area contributed by atoms with E-state index in [2.05, 4.69) is 16.1 Å². The fourth-order valence-corrected chi connectivity index (χ4v) is 1.80. The zero-order chi connectivity index (χ0) is 15.2. The first-order valence-electron chi connectivity index (χ1n) is 6.38. The van der Waals surface area contributed by atoms with Crippen LogP contribution in [0.15, 0.2) is 18.2 Å². The third-order valence-corrected chi connectivity index (χ3v) is 2.79. The number of alkyl halides is 3. The van der Waals surface area contributed by atoms with Gasteiger partial charge in [-0.15, -0.1) is 0 Å². The summed E-state index contributed by atoms with van der Waals surface area (Å²) in [5, 5.41) is 0. The molecule has 0 aromatic heterocycles. The van der Waals surface area contributed by atoms with E-state index in [1.54, 1.807) is 0 Å². The summed E-state index contributed by atoms with van der Waals surface area (Å²) < 4.78 is 44.4. The standard InChI is InChI=1S/C13H19F3N2O2/c1-3-9(6-7-17)20-10-4-5-12(18-19-2)11(8-10)13(14,15)16/h4-5,8-9,18H,3,6-7,17H2,1-2H3/p+1. The van der Waals surface area contributed by atoms with Crippen molar-refractivity contribution in [2.45, 2.75) is 32.0 Å². The van der Waals surface area contributed by atoms with Gasteiger partial charge in [-0.25, -0.2) is 0 Å². The molecule has 0 saturated heterocycles. The molecule has 114 valence electrons. The van der Waals surface area contributed by atoms with Crippen molar-refractivity contribution in [2.75, 3.05) is 19.1 Å². The lowest BCUT2D eigenvalue weighted by Gasteiger charge is -2.19. The van der Waals surface area contributed by atoms with Crippen LogP contribution in [0, 0.1) is 0 Å². The predicted octanol–water partition coefficient (Wildman–Crippen LogP) is 2.47. The van der Waals surface area contributed by atoms with Crippen molar-refractivity contribution in [3.8, 4) is 5.75 Å². The van der Waals surface area contributed by atoms with Crippen LogP contribution in [0.5, 0.6) is 5.75 Å². The molecule has 0 heterocycles. The fraction of sp³-hybridized carbons (Fsp3) is 0.538. The van der Waals surface area contributed by atoms with Crippen molar-refractivity contribution in [2.24, 2.45) is 0 Å². The number of rotatable bonds is 7. The van der Waals surface area contributed by atoms with Gasteiger partial charge in [-0.05, 0) is 24.6 Å². The molecule has 1 unspecified atom stereocenters. The van der Waals surface area contributed by atoms with Crippen LogP contribution >= 0.6 is 0 Å². The van der Waals surface area contributed by atoms with Crippen molar-refractivity contribution in [3.05, 3.63) is 23.8 Å². The number of benzene rings is 1. The zero-order valence-corrected chi connectivity index (χ0v) is 11.6. The number of anilines is 1. The number of halogens is 3. The van der Waals surface area contributed by atoms with E-state index in [1.807, 2.05) is 6.92 Å². The van der Waals surface area contributed by atoms with E-state index in [0.29, 0.717) is 13.0 Å². The van der Waals surface area contributed by atoms with Crippen LogP contribution < -0.4 is 16.0 Å². The normalized spacial score (nSPS) is 13.1. The van der Waals surface area contributed by atoms with Crippen molar-refractivity contribution >= 4 is 5.69 Å². The number of hydrogen-bond donors (Lipinski definition) is 2. The second-order valence-corrected chi connectivity index (χ2v) is 4.30. The summed E-state index contributed by atoms with van der Waals surface area (Å²) in [6.07, 6.45) is -3.19. The Hall–Kier alpha value is -1.47. The first kappa shape index (κ1) is 16.6. The van der Waals surface area contributed by atoms with Gasteiger partial charge in [0.2, 0.25) is 0 Å². The Morgan fingerprint density at radius 2 is 2.05 bits per heavy atom. The Morgan fingerprint density at radius 3 is 2.55 bits per heavy atom. The van der Waals surface area contributed by atoms with Gasteiger partial charge < -0.3 is 10.5 Å². The first-order chi connectivity index (χ1) is 9.42. The highest BCUT2D eigenvalue weighted by molar-refractivity contribution is 5.54. The second kappa shape index (κ2) is 7.35. The van der Waals surface area contributed by atoms with E-state index in [4.69, 9.17) is 4.74 Å². The van der Waals surface area contributed by atoms with Crippen LogP contribution in [-0.2, 0) is 11.0 Å². The lowest BCUT2D eigenvalue weighted by Crippen LogP contribution is -2.51. The lowest BCUT2D eigenvalue weighted by molar-refractivity contribution is -0.370. The third kappa shape index (κ3) is 4.57. The Kier molecular flexibility index (Phi) is 6.09. The van der Waals surface area contributed by atoms with Gasteiger partial charge in [0.1, 0.15) is 11.9 Å². The summed E-state index contributed by atoms with van der Waals surface area (Å²) in [5.74, 6) is 0.194. The molecule has 4 N–H and O–H groups in total. The summed E-state index contributed by atoms with van der Waals surface area (Å²) in [7, 11) is 1.26. The Balaban J connectivity index is 3.00. The van der Waals surface area contributed by atoms with Crippen LogP contribution in [-0.4, -0.2) is 19.8 Å². The SMILES string of the molecule is CCC(CC[NH3+])Oc1ccc(NOC)c(C(F)(F)F)c1. The number of hydrogen-bond acceptors (Lipinski definition) is 3. The van der Waals surface area contributed by atoms with E-state index in [1.165, 1.54) is 19.2 Å². The minimum Gasteiger partial charge on any atom is -0.490 e. The number of ether oxygens (including phenoxy) is 1. The van der Waals surface area contributed by atoms with E-state index in [0.717, 1.165) is 12.5 Å². The van der Waals surface area contributed by atoms with Crippen LogP contribution in [0.3, 0.4) is 0 Å². The highest BCUT2D eigenvalue weighted by Gasteiger charge is 2.34. The molecule has 20 heavy (non-hydrogen) atoms. The van der Waals surface area contributed by atoms with Gasteiger partial charge >= 0.3 is 6.18 Å². The van der Waals surface area contributed by atoms with E-state index in [-0.39, 0.29) is 17.5 Å². The van der Waals surface area contributed by atoms with Gasteiger partial charge in [0, 0.05) is 6.42 Å². The minimum atomic E-state index is -4.48. The summed E-state index contributed by atoms with van der Waals surface area (Å²) in [6.45, 7) is 2.60. The molecule has 0 aliphatic carbocycles. The summed E-state index contributed by atoms with van der Waals surface area (Å²) >= 11 is 0. The first-order valence-corrected chi connectivity index (χ1v) is 6.38. The Bertz CT molecular complexity index is 425. The van der Waals surface area contributed by atoms with Crippen molar-refractivity contribution in [1.82, 2.24) is 0 Å². The smallest absolute Gasteiger partial charge is 0.418 e. The molecule has 0 fully saturated rings. The highest BCUT2D eigenvalue weighted by Crippen LogP contribution is 2.37. The summed E-state index contributed by atoms with van der Waals surface area (Å²) in [6, 6.07) is 3.76. The second-order valence-electron chi connectivity index (χ2n) is 4.30. The molecule has 0 amide bonds. The number of nitrogens with one attached hydrogen (secondary N) is 1. The number of quaternary nitrogens is 1. The monoisotopic (exact) mass is 293 g/mol. The molecule has 0 spiro atoms. The maximum Gasteiger partial charge on any atom is 0.418 e. The van der Waals surface area contributed by atoms with Crippen LogP contribution in [0.25, 0.3) is 0 Å². The molecule has 7 heteroatoms. The largest absolute Gasteiger partial charge is 0.490 e. The highest BCUT2D eigenvalue weighted by atomic mass is 19.4. The van der Waals surface area contributed by atoms with E-state index < -0.39 is 11.7 Å². The van der Waals surface area contributed by atoms with Gasteiger partial charge in [0.05, 0.1) is 24.9 Å². The molecule has 1 aromatic rings. The molecule has 0 saturated carbocycles. The maximum absolute atomic E-state index is 13.0. The molecule has 4 nitrogen and oxygen atoms in total. The van der Waals surface area contributed by atoms with Crippen molar-refractivity contribution in [1.29, 1.82) is 0 Å². The van der Waals surface area contributed by atoms with Crippen LogP contribution in [0.2, 0.25) is 0 Å². The molecule has 0 bridgehead atoms. The molecular formula is C13H20F3N2O2+. The molecule has 1 aromatic carbocycles. The fourth-order valence-electron chi connectivity index (χ4n) is 1.80. The van der Waals surface area contributed by atoms with Crippen molar-refractivity contribution in [3.63, 3.8) is 0 Å². The minimum absolute atomic E-state index is 0.130. The average molecular weight is 293 g/mol. The Morgan fingerprint density at radius 1 is 1.35 bits per heavy atom. The van der Waals surface area contributed by atoms with Gasteiger partial charge in [0.25, 0.3) is 0 Å². The van der Waals surface area contributed by atoms with E-state index in [9.17, 15) is 13.2 Å². The van der Waals surface area contributed by atoms with Crippen molar-refractivity contribution < 1.29 is 28.5 Å². The third-order valence-electron chi connectivity index (χ3n) is 2.79. The average Bonchev–Trinajstić information content (AvgIpc) is 2.39. The molecule has 0 radical (unpaired) electrons. The molecule has 1 rings (SSSR count). The quantitative estimate of drug-likeness (QED) is 0.759. The molecular weight excluding hydrogens is 273 g/mol. The van der Waals surface area contributed by atoms with E-state index >= 15 is 0 Å². The topological polar surface area (TPSA) is 58.1 Å². The van der Waals surface area contributed by atoms with Crippen LogP contribution in [0.1, 0.15) is 25.3 Å². The zero-order valence-electron chi connectivity index (χ0n) is 11.6. The van der Waals surface area contributed by atoms with Crippen LogP contribution in [0.4, 0.5) is 18.9 Å². The van der Waals surface area contributed by atoms with Gasteiger partial charge in [-0.2, -0.15) is 13.2 Å². The predicted molar refractivity (Wildman–Crippen MR) is 69.2 cm³/mol. The molecule has 1 atom stereocenters. The summed E-state index contributed by atoms with van der Waals surface area (Å²) in [4.78, 5) is 4.55. The van der Waals surface area contributed by atoms with Gasteiger partial charge in [0.15, 0.2) is 0 Å². The van der Waals surface area contributed by atoms with Gasteiger partial charge in [-0.3, -0.25) is 10.3 Å². The molecule has 0 aliphatic rings. The molecule has 0 aliphatic heterocycles. The Labute approximate surface area is 116 Å². The summed E-state index contributed by atoms with van der Waals surface area (Å²) in [5.41, 5.74) is 4.98. The van der Waals surface area contributed by atoms with Gasteiger partial charge in [-0.1, -0.05) is 6.92 Å².